The van der Waals surface area contributed by atoms with Crippen molar-refractivity contribution < 1.29 is 9.18 Å². The molecule has 5 nitrogen and oxygen atoms in total. The highest BCUT2D eigenvalue weighted by Gasteiger charge is 2.18. The van der Waals surface area contributed by atoms with Crippen molar-refractivity contribution >= 4 is 47.1 Å². The van der Waals surface area contributed by atoms with Crippen LogP contribution in [0.25, 0.3) is 11.0 Å². The number of halogens is 2. The van der Waals surface area contributed by atoms with E-state index in [0.717, 1.165) is 23.6 Å². The number of imidazole rings is 1. The minimum Gasteiger partial charge on any atom is -0.313 e. The summed E-state index contributed by atoms with van der Waals surface area (Å²) in [6, 6.07) is 4.62. The molecular formula is C14H18ClFN4OS. The summed E-state index contributed by atoms with van der Waals surface area (Å²) in [5, 5.41) is 6.13. The fraction of sp³-hybridized carbons (Fsp3) is 0.429. The predicted octanol–water partition coefficient (Wildman–Crippen LogP) is 2.17. The van der Waals surface area contributed by atoms with Crippen molar-refractivity contribution in [3.8, 4) is 0 Å². The monoisotopic (exact) mass is 344 g/mol. The van der Waals surface area contributed by atoms with Gasteiger partial charge in [-0.3, -0.25) is 10.1 Å². The first-order valence-electron chi connectivity index (χ1n) is 6.86. The molecule has 120 valence electrons. The van der Waals surface area contributed by atoms with Gasteiger partial charge in [0.15, 0.2) is 0 Å². The molecule has 1 atom stereocenters. The summed E-state index contributed by atoms with van der Waals surface area (Å²) in [7, 11) is 1.80. The maximum Gasteiger partial charge on any atom is 0.228 e. The van der Waals surface area contributed by atoms with Crippen molar-refractivity contribution in [1.29, 1.82) is 0 Å². The van der Waals surface area contributed by atoms with Gasteiger partial charge in [0, 0.05) is 43.6 Å². The fourth-order valence-electron chi connectivity index (χ4n) is 2.44. The Morgan fingerprint density at radius 1 is 1.59 bits per heavy atom. The van der Waals surface area contributed by atoms with E-state index in [2.05, 4.69) is 15.6 Å². The minimum atomic E-state index is -0.332. The van der Waals surface area contributed by atoms with Crippen LogP contribution in [0.15, 0.2) is 18.2 Å². The number of aryl methyl sites for hydroxylation is 1. The number of anilines is 1. The predicted molar refractivity (Wildman–Crippen MR) is 90.3 cm³/mol. The number of nitrogens with one attached hydrogen (secondary N) is 2. The Balaban J connectivity index is 0.00000176. The molecule has 1 fully saturated rings. The van der Waals surface area contributed by atoms with Crippen LogP contribution in [0, 0.1) is 5.82 Å². The van der Waals surface area contributed by atoms with Crippen molar-refractivity contribution in [2.75, 3.05) is 23.4 Å². The van der Waals surface area contributed by atoms with Gasteiger partial charge >= 0.3 is 0 Å². The van der Waals surface area contributed by atoms with Gasteiger partial charge in [0.25, 0.3) is 0 Å². The Labute approximate surface area is 138 Å². The van der Waals surface area contributed by atoms with Gasteiger partial charge in [-0.15, -0.1) is 12.4 Å². The third kappa shape index (κ3) is 3.71. The van der Waals surface area contributed by atoms with Gasteiger partial charge < -0.3 is 9.88 Å². The van der Waals surface area contributed by atoms with Crippen LogP contribution in [-0.2, 0) is 11.8 Å². The zero-order valence-corrected chi connectivity index (χ0v) is 13.8. The molecule has 2 aromatic rings. The first-order chi connectivity index (χ1) is 10.1. The van der Waals surface area contributed by atoms with Gasteiger partial charge in [-0.05, 0) is 12.1 Å². The Hall–Kier alpha value is -1.31. The number of fused-ring (bicyclic) bond motifs is 1. The fourth-order valence-corrected chi connectivity index (χ4v) is 3.38. The van der Waals surface area contributed by atoms with Crippen LogP contribution in [0.5, 0.6) is 0 Å². The topological polar surface area (TPSA) is 59.0 Å². The standard InChI is InChI=1S/C14H17FN4OS.ClH/c1-19-12-3-2-9(15)6-11(12)17-14(19)18-13(20)7-10-8-21-5-4-16-10;/h2-3,6,10,16H,4-5,7-8H2,1H3,(H,17,18,20);1H. The highest BCUT2D eigenvalue weighted by atomic mass is 35.5. The lowest BCUT2D eigenvalue weighted by Crippen LogP contribution is -2.40. The third-order valence-corrected chi connectivity index (χ3v) is 4.66. The van der Waals surface area contributed by atoms with Crippen molar-refractivity contribution in [3.05, 3.63) is 24.0 Å². The summed E-state index contributed by atoms with van der Waals surface area (Å²) in [4.78, 5) is 16.4. The van der Waals surface area contributed by atoms with E-state index in [1.807, 2.05) is 11.8 Å². The Bertz CT molecular complexity index is 672. The molecule has 1 saturated heterocycles. The number of nitrogens with zero attached hydrogens (tertiary/aromatic N) is 2. The second-order valence-corrected chi connectivity index (χ2v) is 6.26. The molecule has 1 aromatic heterocycles. The smallest absolute Gasteiger partial charge is 0.228 e. The minimum absolute atomic E-state index is 0. The normalized spacial score (nSPS) is 18.0. The summed E-state index contributed by atoms with van der Waals surface area (Å²) < 4.78 is 15.0. The SMILES string of the molecule is Cl.Cn1c(NC(=O)CC2CSCCN2)nc2cc(F)ccc21. The van der Waals surface area contributed by atoms with E-state index in [0.29, 0.717) is 17.9 Å². The summed E-state index contributed by atoms with van der Waals surface area (Å²) >= 11 is 1.85. The number of hydrogen-bond donors (Lipinski definition) is 2. The first kappa shape index (κ1) is 17.1. The van der Waals surface area contributed by atoms with Crippen LogP contribution in [0.3, 0.4) is 0 Å². The maximum atomic E-state index is 13.2. The number of amides is 1. The van der Waals surface area contributed by atoms with Crippen LogP contribution in [0.1, 0.15) is 6.42 Å². The van der Waals surface area contributed by atoms with Gasteiger partial charge in [-0.2, -0.15) is 11.8 Å². The number of carbonyl (C=O) groups is 1. The van der Waals surface area contributed by atoms with Crippen LogP contribution >= 0.6 is 24.2 Å². The molecule has 0 bridgehead atoms. The van der Waals surface area contributed by atoms with Crippen molar-refractivity contribution in [1.82, 2.24) is 14.9 Å². The van der Waals surface area contributed by atoms with Crippen LogP contribution in [0.2, 0.25) is 0 Å². The first-order valence-corrected chi connectivity index (χ1v) is 8.02. The van der Waals surface area contributed by atoms with Crippen molar-refractivity contribution in [2.24, 2.45) is 7.05 Å². The molecule has 0 spiro atoms. The van der Waals surface area contributed by atoms with E-state index in [1.165, 1.54) is 12.1 Å². The highest BCUT2D eigenvalue weighted by Crippen LogP contribution is 2.19. The quantitative estimate of drug-likeness (QED) is 0.896. The van der Waals surface area contributed by atoms with E-state index in [4.69, 9.17) is 0 Å². The molecule has 0 radical (unpaired) electrons. The van der Waals surface area contributed by atoms with E-state index in [1.54, 1.807) is 17.7 Å². The Morgan fingerprint density at radius 3 is 3.14 bits per heavy atom. The molecular weight excluding hydrogens is 327 g/mol. The molecule has 0 saturated carbocycles. The maximum absolute atomic E-state index is 13.2. The lowest BCUT2D eigenvalue weighted by Gasteiger charge is -2.22. The zero-order chi connectivity index (χ0) is 14.8. The lowest BCUT2D eigenvalue weighted by molar-refractivity contribution is -0.116. The average molecular weight is 345 g/mol. The summed E-state index contributed by atoms with van der Waals surface area (Å²) in [5.41, 5.74) is 1.33. The summed E-state index contributed by atoms with van der Waals surface area (Å²) in [6.07, 6.45) is 0.421. The van der Waals surface area contributed by atoms with Crippen LogP contribution in [-0.4, -0.2) is 39.6 Å². The molecule has 1 aliphatic rings. The molecule has 0 aliphatic carbocycles. The molecule has 8 heteroatoms. The number of rotatable bonds is 3. The van der Waals surface area contributed by atoms with Gasteiger partial charge in [0.05, 0.1) is 11.0 Å². The second kappa shape index (κ2) is 7.30. The summed E-state index contributed by atoms with van der Waals surface area (Å²) in [6.45, 7) is 0.939. The van der Waals surface area contributed by atoms with E-state index in [9.17, 15) is 9.18 Å². The molecule has 1 unspecified atom stereocenters. The van der Waals surface area contributed by atoms with Crippen LogP contribution in [0.4, 0.5) is 10.3 Å². The molecule has 1 amide bonds. The molecule has 2 heterocycles. The van der Waals surface area contributed by atoms with Crippen molar-refractivity contribution in [3.63, 3.8) is 0 Å². The van der Waals surface area contributed by atoms with E-state index >= 15 is 0 Å². The molecule has 22 heavy (non-hydrogen) atoms. The Morgan fingerprint density at radius 2 is 2.41 bits per heavy atom. The van der Waals surface area contributed by atoms with Gasteiger partial charge in [-0.1, -0.05) is 0 Å². The van der Waals surface area contributed by atoms with E-state index in [-0.39, 0.29) is 30.2 Å². The second-order valence-electron chi connectivity index (χ2n) is 5.11. The van der Waals surface area contributed by atoms with Gasteiger partial charge in [-0.25, -0.2) is 9.37 Å². The Kier molecular flexibility index (Phi) is 5.66. The molecule has 2 N–H and O–H groups in total. The third-order valence-electron chi connectivity index (χ3n) is 3.52. The number of benzene rings is 1. The number of aromatic nitrogens is 2. The van der Waals surface area contributed by atoms with Crippen molar-refractivity contribution in [2.45, 2.75) is 12.5 Å². The van der Waals surface area contributed by atoms with E-state index < -0.39 is 0 Å². The number of carbonyl (C=O) groups excluding carboxylic acids is 1. The summed E-state index contributed by atoms with van der Waals surface area (Å²) in [5.74, 6) is 2.08. The average Bonchev–Trinajstić information content (AvgIpc) is 2.75. The molecule has 3 rings (SSSR count). The number of hydrogen-bond acceptors (Lipinski definition) is 4. The van der Waals surface area contributed by atoms with Gasteiger partial charge in [0.1, 0.15) is 5.82 Å². The molecule has 1 aromatic carbocycles. The number of thioether (sulfide) groups is 1. The van der Waals surface area contributed by atoms with Crippen LogP contribution < -0.4 is 10.6 Å². The zero-order valence-electron chi connectivity index (χ0n) is 12.1. The largest absolute Gasteiger partial charge is 0.313 e. The van der Waals surface area contributed by atoms with Gasteiger partial charge in [0.2, 0.25) is 11.9 Å². The molecule has 1 aliphatic heterocycles. The lowest BCUT2D eigenvalue weighted by atomic mass is 10.2. The highest BCUT2D eigenvalue weighted by molar-refractivity contribution is 7.99.